The maximum absolute atomic E-state index is 13.7. The second-order valence-electron chi connectivity index (χ2n) is 4.20. The van der Waals surface area contributed by atoms with Gasteiger partial charge in [-0.25, -0.2) is 8.78 Å². The molecular formula is C12H11ClF2N2S. The molecule has 0 amide bonds. The highest BCUT2D eigenvalue weighted by molar-refractivity contribution is 7.11. The van der Waals surface area contributed by atoms with Gasteiger partial charge in [0.05, 0.1) is 0 Å². The Balaban J connectivity index is 2.26. The first-order chi connectivity index (χ1) is 8.49. The molecule has 0 unspecified atom stereocenters. The van der Waals surface area contributed by atoms with Crippen molar-refractivity contribution in [3.05, 3.63) is 44.4 Å². The fraction of sp³-hybridized carbons (Fsp3) is 0.333. The van der Waals surface area contributed by atoms with E-state index in [1.807, 2.05) is 13.8 Å². The van der Waals surface area contributed by atoms with Crippen LogP contribution in [0.1, 0.15) is 35.3 Å². The van der Waals surface area contributed by atoms with Gasteiger partial charge in [0, 0.05) is 12.3 Å². The summed E-state index contributed by atoms with van der Waals surface area (Å²) >= 11 is 6.95. The predicted molar refractivity (Wildman–Crippen MR) is 68.2 cm³/mol. The van der Waals surface area contributed by atoms with Crippen molar-refractivity contribution in [1.29, 1.82) is 0 Å². The molecule has 0 saturated heterocycles. The molecule has 0 fully saturated rings. The molecule has 2 rings (SSSR count). The van der Waals surface area contributed by atoms with Crippen LogP contribution in [0.25, 0.3) is 0 Å². The van der Waals surface area contributed by atoms with Crippen molar-refractivity contribution in [3.8, 4) is 0 Å². The van der Waals surface area contributed by atoms with E-state index in [1.165, 1.54) is 17.4 Å². The standard InChI is InChI=1S/C12H11ClF2N2S/c1-6(2)12-17-16-9(18-12)5-7-3-4-8(14)10(13)11(7)15/h3-4,6H,5H2,1-2H3. The van der Waals surface area contributed by atoms with Gasteiger partial charge in [-0.2, -0.15) is 0 Å². The minimum absolute atomic E-state index is 0.274. The molecule has 0 radical (unpaired) electrons. The Labute approximate surface area is 113 Å². The number of hydrogen-bond acceptors (Lipinski definition) is 3. The summed E-state index contributed by atoms with van der Waals surface area (Å²) in [4.78, 5) is 0. The minimum Gasteiger partial charge on any atom is -0.205 e. The van der Waals surface area contributed by atoms with Crippen molar-refractivity contribution in [2.24, 2.45) is 0 Å². The van der Waals surface area contributed by atoms with Crippen molar-refractivity contribution in [1.82, 2.24) is 10.2 Å². The summed E-state index contributed by atoms with van der Waals surface area (Å²) in [6, 6.07) is 2.54. The highest BCUT2D eigenvalue weighted by atomic mass is 35.5. The SMILES string of the molecule is CC(C)c1nnc(Cc2ccc(F)c(Cl)c2F)s1. The van der Waals surface area contributed by atoms with E-state index < -0.39 is 16.7 Å². The predicted octanol–water partition coefficient (Wildman–Crippen LogP) is 4.18. The van der Waals surface area contributed by atoms with E-state index in [-0.39, 0.29) is 12.3 Å². The number of benzene rings is 1. The van der Waals surface area contributed by atoms with Crippen LogP contribution in [0, 0.1) is 11.6 Å². The van der Waals surface area contributed by atoms with Crippen molar-refractivity contribution in [2.45, 2.75) is 26.2 Å². The minimum atomic E-state index is -0.752. The smallest absolute Gasteiger partial charge is 0.148 e. The topological polar surface area (TPSA) is 25.8 Å². The van der Waals surface area contributed by atoms with Gasteiger partial charge in [0.15, 0.2) is 0 Å². The van der Waals surface area contributed by atoms with E-state index in [0.29, 0.717) is 10.6 Å². The Bertz CT molecular complexity index is 569. The molecule has 2 nitrogen and oxygen atoms in total. The van der Waals surface area contributed by atoms with Crippen molar-refractivity contribution in [2.75, 3.05) is 0 Å². The summed E-state index contributed by atoms with van der Waals surface area (Å²) in [6.07, 6.45) is 0.274. The third-order valence-corrected chi connectivity index (χ3v) is 4.00. The van der Waals surface area contributed by atoms with Crippen LogP contribution in [0.5, 0.6) is 0 Å². The molecule has 0 spiro atoms. The lowest BCUT2D eigenvalue weighted by molar-refractivity contribution is 0.575. The van der Waals surface area contributed by atoms with Gasteiger partial charge in [0.1, 0.15) is 26.7 Å². The molecule has 96 valence electrons. The number of aromatic nitrogens is 2. The number of rotatable bonds is 3. The normalized spacial score (nSPS) is 11.2. The first-order valence-electron chi connectivity index (χ1n) is 5.43. The van der Waals surface area contributed by atoms with Crippen LogP contribution in [0.4, 0.5) is 8.78 Å². The molecule has 6 heteroatoms. The maximum Gasteiger partial charge on any atom is 0.148 e. The fourth-order valence-electron chi connectivity index (χ4n) is 1.44. The summed E-state index contributed by atoms with van der Waals surface area (Å²) in [5.74, 6) is -1.19. The van der Waals surface area contributed by atoms with Gasteiger partial charge in [0.25, 0.3) is 0 Å². The van der Waals surface area contributed by atoms with Crippen LogP contribution in [0.3, 0.4) is 0 Å². The second kappa shape index (κ2) is 5.28. The first-order valence-corrected chi connectivity index (χ1v) is 6.63. The van der Waals surface area contributed by atoms with Crippen LogP contribution in [0.15, 0.2) is 12.1 Å². The zero-order chi connectivity index (χ0) is 13.3. The molecule has 0 aliphatic heterocycles. The Kier molecular flexibility index (Phi) is 3.92. The quantitative estimate of drug-likeness (QED) is 0.792. The maximum atomic E-state index is 13.7. The monoisotopic (exact) mass is 288 g/mol. The van der Waals surface area contributed by atoms with Gasteiger partial charge in [0.2, 0.25) is 0 Å². The summed E-state index contributed by atoms with van der Waals surface area (Å²) < 4.78 is 26.7. The van der Waals surface area contributed by atoms with Gasteiger partial charge < -0.3 is 0 Å². The molecule has 2 aromatic rings. The number of hydrogen-bond donors (Lipinski definition) is 0. The third-order valence-electron chi connectivity index (χ3n) is 2.43. The molecular weight excluding hydrogens is 278 g/mol. The molecule has 0 bridgehead atoms. The van der Waals surface area contributed by atoms with E-state index in [1.54, 1.807) is 0 Å². The number of nitrogens with zero attached hydrogens (tertiary/aromatic N) is 2. The van der Waals surface area contributed by atoms with Gasteiger partial charge >= 0.3 is 0 Å². The van der Waals surface area contributed by atoms with Gasteiger partial charge in [-0.15, -0.1) is 21.5 Å². The fourth-order valence-corrected chi connectivity index (χ4v) is 2.49. The summed E-state index contributed by atoms with van der Waals surface area (Å²) in [5.41, 5.74) is 0.327. The van der Waals surface area contributed by atoms with Crippen LogP contribution < -0.4 is 0 Å². The van der Waals surface area contributed by atoms with Crippen LogP contribution in [-0.4, -0.2) is 10.2 Å². The second-order valence-corrected chi connectivity index (χ2v) is 5.67. The number of halogens is 3. The molecule has 0 saturated carbocycles. The van der Waals surface area contributed by atoms with Gasteiger partial charge in [-0.05, 0) is 11.6 Å². The first kappa shape index (κ1) is 13.4. The largest absolute Gasteiger partial charge is 0.205 e. The van der Waals surface area contributed by atoms with Crippen LogP contribution in [0.2, 0.25) is 5.02 Å². The van der Waals surface area contributed by atoms with Crippen LogP contribution >= 0.6 is 22.9 Å². The molecule has 1 aromatic carbocycles. The lowest BCUT2D eigenvalue weighted by Crippen LogP contribution is -1.95. The Morgan fingerprint density at radius 2 is 2.00 bits per heavy atom. The summed E-state index contributed by atoms with van der Waals surface area (Å²) in [5, 5.41) is 9.14. The van der Waals surface area contributed by atoms with Crippen molar-refractivity contribution in [3.63, 3.8) is 0 Å². The molecule has 1 heterocycles. The van der Waals surface area contributed by atoms with Crippen LogP contribution in [-0.2, 0) is 6.42 Å². The average molecular weight is 289 g/mol. The lowest BCUT2D eigenvalue weighted by atomic mass is 10.1. The average Bonchev–Trinajstić information content (AvgIpc) is 2.79. The van der Waals surface area contributed by atoms with Crippen molar-refractivity contribution >= 4 is 22.9 Å². The van der Waals surface area contributed by atoms with Gasteiger partial charge in [-0.3, -0.25) is 0 Å². The van der Waals surface area contributed by atoms with E-state index >= 15 is 0 Å². The van der Waals surface area contributed by atoms with E-state index in [0.717, 1.165) is 11.1 Å². The molecule has 0 atom stereocenters. The summed E-state index contributed by atoms with van der Waals surface area (Å²) in [6.45, 7) is 4.03. The van der Waals surface area contributed by atoms with E-state index in [2.05, 4.69) is 10.2 Å². The van der Waals surface area contributed by atoms with Gasteiger partial charge in [-0.1, -0.05) is 31.5 Å². The molecule has 0 aliphatic rings. The zero-order valence-corrected chi connectivity index (χ0v) is 11.4. The Hall–Kier alpha value is -1.07. The highest BCUT2D eigenvalue weighted by Crippen LogP contribution is 2.26. The highest BCUT2D eigenvalue weighted by Gasteiger charge is 2.14. The molecule has 18 heavy (non-hydrogen) atoms. The van der Waals surface area contributed by atoms with Crippen molar-refractivity contribution < 1.29 is 8.78 Å². The Morgan fingerprint density at radius 1 is 1.28 bits per heavy atom. The third kappa shape index (κ3) is 2.67. The lowest BCUT2D eigenvalue weighted by Gasteiger charge is -2.02. The molecule has 0 aliphatic carbocycles. The molecule has 0 N–H and O–H groups in total. The Morgan fingerprint density at radius 3 is 2.61 bits per heavy atom. The zero-order valence-electron chi connectivity index (χ0n) is 9.88. The van der Waals surface area contributed by atoms with E-state index in [4.69, 9.17) is 11.6 Å². The molecule has 1 aromatic heterocycles. The van der Waals surface area contributed by atoms with E-state index in [9.17, 15) is 8.78 Å². The summed E-state index contributed by atoms with van der Waals surface area (Å²) in [7, 11) is 0.